The Bertz CT molecular complexity index is 781. The molecule has 0 saturated carbocycles. The molecule has 24 heavy (non-hydrogen) atoms. The van der Waals surface area contributed by atoms with E-state index in [0.29, 0.717) is 5.69 Å². The fraction of sp³-hybridized carbons (Fsp3) is 0.176. The van der Waals surface area contributed by atoms with E-state index in [2.05, 4.69) is 10.6 Å². The monoisotopic (exact) mass is 350 g/mol. The van der Waals surface area contributed by atoms with Crippen LogP contribution in [0, 0.1) is 25.5 Å². The Morgan fingerprint density at radius 3 is 2.50 bits per heavy atom. The number of halogens is 2. The summed E-state index contributed by atoms with van der Waals surface area (Å²) in [5.41, 5.74) is 2.54. The van der Waals surface area contributed by atoms with Crippen LogP contribution >= 0.6 is 11.8 Å². The van der Waals surface area contributed by atoms with Crippen molar-refractivity contribution in [3.05, 3.63) is 59.2 Å². The molecular weight excluding hydrogens is 334 g/mol. The number of thioether (sulfide) groups is 1. The van der Waals surface area contributed by atoms with E-state index in [9.17, 15) is 18.4 Å². The molecule has 0 aliphatic heterocycles. The molecule has 0 fully saturated rings. The van der Waals surface area contributed by atoms with Crippen LogP contribution in [0.2, 0.25) is 0 Å². The van der Waals surface area contributed by atoms with Gasteiger partial charge >= 0.3 is 6.03 Å². The standard InChI is InChI=1S/C17H16F2N2O2S/c1-10-3-5-14(11(2)7-10)20-17(23)21-16(22)9-24-15-6-4-12(18)8-13(15)19/h3-8H,9H2,1-2H3,(H2,20,21,22,23). The van der Waals surface area contributed by atoms with Crippen LogP contribution in [0.5, 0.6) is 0 Å². The summed E-state index contributed by atoms with van der Waals surface area (Å²) in [6, 6.07) is 7.94. The van der Waals surface area contributed by atoms with Crippen molar-refractivity contribution in [3.63, 3.8) is 0 Å². The number of amides is 3. The van der Waals surface area contributed by atoms with Crippen molar-refractivity contribution in [2.24, 2.45) is 0 Å². The highest BCUT2D eigenvalue weighted by Crippen LogP contribution is 2.22. The van der Waals surface area contributed by atoms with E-state index >= 15 is 0 Å². The average molecular weight is 350 g/mol. The smallest absolute Gasteiger partial charge is 0.307 e. The molecule has 0 aliphatic carbocycles. The van der Waals surface area contributed by atoms with Crippen molar-refractivity contribution < 1.29 is 18.4 Å². The predicted molar refractivity (Wildman–Crippen MR) is 90.2 cm³/mol. The molecule has 2 N–H and O–H groups in total. The Balaban J connectivity index is 1.86. The minimum absolute atomic E-state index is 0.140. The Morgan fingerprint density at radius 1 is 1.08 bits per heavy atom. The maximum Gasteiger partial charge on any atom is 0.325 e. The molecule has 0 spiro atoms. The summed E-state index contributed by atoms with van der Waals surface area (Å²) in [5, 5.41) is 4.75. The first-order valence-electron chi connectivity index (χ1n) is 7.11. The molecule has 0 aliphatic rings. The Hall–Kier alpha value is -2.41. The van der Waals surface area contributed by atoms with E-state index in [1.165, 1.54) is 6.07 Å². The van der Waals surface area contributed by atoms with Gasteiger partial charge in [0.15, 0.2) is 0 Å². The fourth-order valence-electron chi connectivity index (χ4n) is 2.01. The van der Waals surface area contributed by atoms with Gasteiger partial charge in [0.25, 0.3) is 0 Å². The number of nitrogens with one attached hydrogen (secondary N) is 2. The van der Waals surface area contributed by atoms with Crippen molar-refractivity contribution in [2.45, 2.75) is 18.7 Å². The van der Waals surface area contributed by atoms with E-state index in [4.69, 9.17) is 0 Å². The highest BCUT2D eigenvalue weighted by molar-refractivity contribution is 8.00. The van der Waals surface area contributed by atoms with Crippen LogP contribution < -0.4 is 10.6 Å². The normalized spacial score (nSPS) is 10.3. The van der Waals surface area contributed by atoms with Crippen molar-refractivity contribution in [1.82, 2.24) is 5.32 Å². The zero-order valence-electron chi connectivity index (χ0n) is 13.2. The number of imide groups is 1. The van der Waals surface area contributed by atoms with Crippen molar-refractivity contribution in [2.75, 3.05) is 11.1 Å². The third kappa shape index (κ3) is 5.06. The van der Waals surface area contributed by atoms with Gasteiger partial charge in [-0.05, 0) is 37.6 Å². The molecule has 2 rings (SSSR count). The van der Waals surface area contributed by atoms with Crippen LogP contribution in [0.1, 0.15) is 11.1 Å². The predicted octanol–water partition coefficient (Wildman–Crippen LogP) is 4.02. The highest BCUT2D eigenvalue weighted by Gasteiger charge is 2.11. The molecule has 4 nitrogen and oxygen atoms in total. The Labute approximate surface area is 142 Å². The molecule has 0 bridgehead atoms. The molecule has 0 atom stereocenters. The van der Waals surface area contributed by atoms with Crippen LogP contribution in [-0.4, -0.2) is 17.7 Å². The van der Waals surface area contributed by atoms with Gasteiger partial charge in [0.05, 0.1) is 5.75 Å². The molecule has 2 aromatic rings. The van der Waals surface area contributed by atoms with Gasteiger partial charge in [0, 0.05) is 16.6 Å². The van der Waals surface area contributed by atoms with E-state index in [1.807, 2.05) is 26.0 Å². The average Bonchev–Trinajstić information content (AvgIpc) is 2.49. The van der Waals surface area contributed by atoms with E-state index in [-0.39, 0.29) is 10.6 Å². The zero-order chi connectivity index (χ0) is 17.7. The number of benzene rings is 2. The molecule has 0 unspecified atom stereocenters. The largest absolute Gasteiger partial charge is 0.325 e. The summed E-state index contributed by atoms with van der Waals surface area (Å²) >= 11 is 0.884. The number of hydrogen-bond donors (Lipinski definition) is 2. The zero-order valence-corrected chi connectivity index (χ0v) is 14.0. The first-order chi connectivity index (χ1) is 11.3. The summed E-state index contributed by atoms with van der Waals surface area (Å²) in [6.45, 7) is 3.78. The SMILES string of the molecule is Cc1ccc(NC(=O)NC(=O)CSc2ccc(F)cc2F)c(C)c1. The fourth-order valence-corrected chi connectivity index (χ4v) is 2.73. The first kappa shape index (κ1) is 17.9. The van der Waals surface area contributed by atoms with Crippen LogP contribution in [0.15, 0.2) is 41.3 Å². The maximum absolute atomic E-state index is 13.5. The third-order valence-corrected chi connectivity index (χ3v) is 4.18. The van der Waals surface area contributed by atoms with Crippen molar-refractivity contribution >= 4 is 29.4 Å². The molecule has 3 amide bonds. The second-order valence-electron chi connectivity index (χ2n) is 5.18. The number of anilines is 1. The number of aryl methyl sites for hydroxylation is 2. The summed E-state index contributed by atoms with van der Waals surface area (Å²) < 4.78 is 26.3. The van der Waals surface area contributed by atoms with Crippen molar-refractivity contribution in [3.8, 4) is 0 Å². The molecule has 126 valence electrons. The lowest BCUT2D eigenvalue weighted by molar-refractivity contribution is -0.117. The van der Waals surface area contributed by atoms with Gasteiger partial charge in [-0.15, -0.1) is 11.8 Å². The second kappa shape index (κ2) is 7.92. The minimum Gasteiger partial charge on any atom is -0.307 e. The third-order valence-electron chi connectivity index (χ3n) is 3.14. The number of hydrogen-bond acceptors (Lipinski definition) is 3. The van der Waals surface area contributed by atoms with Crippen LogP contribution in [0.4, 0.5) is 19.3 Å². The molecule has 0 aromatic heterocycles. The summed E-state index contributed by atoms with van der Waals surface area (Å²) in [6.07, 6.45) is 0. The molecule has 7 heteroatoms. The van der Waals surface area contributed by atoms with Gasteiger partial charge in [0.1, 0.15) is 11.6 Å². The molecule has 2 aromatic carbocycles. The topological polar surface area (TPSA) is 58.2 Å². The van der Waals surface area contributed by atoms with Crippen LogP contribution in [0.25, 0.3) is 0 Å². The van der Waals surface area contributed by atoms with Gasteiger partial charge in [-0.3, -0.25) is 10.1 Å². The summed E-state index contributed by atoms with van der Waals surface area (Å²) in [5.74, 6) is -2.17. The molecular formula is C17H16F2N2O2S. The lowest BCUT2D eigenvalue weighted by atomic mass is 10.1. The molecule has 0 heterocycles. The summed E-state index contributed by atoms with van der Waals surface area (Å²) in [4.78, 5) is 23.7. The number of carbonyl (C=O) groups excluding carboxylic acids is 2. The van der Waals surface area contributed by atoms with Crippen molar-refractivity contribution in [1.29, 1.82) is 0 Å². The summed E-state index contributed by atoms with van der Waals surface area (Å²) in [7, 11) is 0. The Kier molecular flexibility index (Phi) is 5.92. The van der Waals surface area contributed by atoms with Crippen LogP contribution in [0.3, 0.4) is 0 Å². The molecule has 0 saturated heterocycles. The Morgan fingerprint density at radius 2 is 1.83 bits per heavy atom. The second-order valence-corrected chi connectivity index (χ2v) is 6.20. The van der Waals surface area contributed by atoms with Crippen LogP contribution in [-0.2, 0) is 4.79 Å². The number of urea groups is 1. The first-order valence-corrected chi connectivity index (χ1v) is 8.09. The van der Waals surface area contributed by atoms with E-state index in [0.717, 1.165) is 35.0 Å². The number of carbonyl (C=O) groups is 2. The number of rotatable bonds is 4. The lowest BCUT2D eigenvalue weighted by Gasteiger charge is -2.10. The van der Waals surface area contributed by atoms with E-state index in [1.54, 1.807) is 6.07 Å². The van der Waals surface area contributed by atoms with Gasteiger partial charge in [-0.1, -0.05) is 17.7 Å². The van der Waals surface area contributed by atoms with E-state index < -0.39 is 23.6 Å². The quantitative estimate of drug-likeness (QED) is 0.819. The van der Waals surface area contributed by atoms with Gasteiger partial charge in [-0.25, -0.2) is 13.6 Å². The lowest BCUT2D eigenvalue weighted by Crippen LogP contribution is -2.35. The van der Waals surface area contributed by atoms with Gasteiger partial charge in [0.2, 0.25) is 5.91 Å². The van der Waals surface area contributed by atoms with Gasteiger partial charge < -0.3 is 5.32 Å². The van der Waals surface area contributed by atoms with Gasteiger partial charge in [-0.2, -0.15) is 0 Å². The minimum atomic E-state index is -0.743. The highest BCUT2D eigenvalue weighted by atomic mass is 32.2. The maximum atomic E-state index is 13.5. The molecule has 0 radical (unpaired) electrons.